The Labute approximate surface area is 105 Å². The Balaban J connectivity index is 2.11. The molecular formula is C16H19N. The third kappa shape index (κ3) is 7.23. The van der Waals surface area contributed by atoms with Crippen molar-refractivity contribution in [2.75, 3.05) is 6.54 Å². The third-order valence-electron chi connectivity index (χ3n) is 2.28. The molecule has 1 nitrogen and oxygen atoms in total. The van der Waals surface area contributed by atoms with Crippen molar-refractivity contribution in [3.05, 3.63) is 35.9 Å². The first-order chi connectivity index (χ1) is 8.43. The van der Waals surface area contributed by atoms with E-state index < -0.39 is 0 Å². The highest BCUT2D eigenvalue weighted by atomic mass is 14.8. The highest BCUT2D eigenvalue weighted by molar-refractivity contribution is 5.26. The van der Waals surface area contributed by atoms with Gasteiger partial charge in [0.25, 0.3) is 0 Å². The lowest BCUT2D eigenvalue weighted by Gasteiger charge is -1.99. The van der Waals surface area contributed by atoms with Gasteiger partial charge in [0.1, 0.15) is 0 Å². The van der Waals surface area contributed by atoms with E-state index in [9.17, 15) is 0 Å². The van der Waals surface area contributed by atoms with Gasteiger partial charge in [-0.05, 0) is 23.8 Å². The molecule has 0 amide bonds. The van der Waals surface area contributed by atoms with Crippen molar-refractivity contribution in [2.24, 2.45) is 0 Å². The van der Waals surface area contributed by atoms with Gasteiger partial charge in [-0.3, -0.25) is 0 Å². The highest BCUT2D eigenvalue weighted by Crippen LogP contribution is 1.96. The fourth-order valence-electron chi connectivity index (χ4n) is 1.33. The minimum atomic E-state index is 0.692. The van der Waals surface area contributed by atoms with E-state index in [0.29, 0.717) is 6.54 Å². The van der Waals surface area contributed by atoms with Crippen molar-refractivity contribution in [1.82, 2.24) is 5.32 Å². The maximum Gasteiger partial charge on any atom is 0.0589 e. The Morgan fingerprint density at radius 2 is 1.82 bits per heavy atom. The zero-order valence-corrected chi connectivity index (χ0v) is 10.4. The first kappa shape index (κ1) is 13.4. The van der Waals surface area contributed by atoms with Crippen LogP contribution in [0, 0.1) is 23.7 Å². The van der Waals surface area contributed by atoms with Gasteiger partial charge in [0, 0.05) is 13.0 Å². The van der Waals surface area contributed by atoms with Gasteiger partial charge in [-0.2, -0.15) is 0 Å². The van der Waals surface area contributed by atoms with Gasteiger partial charge in [-0.1, -0.05) is 55.5 Å². The van der Waals surface area contributed by atoms with Gasteiger partial charge in [-0.15, -0.1) is 0 Å². The lowest BCUT2D eigenvalue weighted by Crippen LogP contribution is -2.12. The molecule has 0 radical (unpaired) electrons. The van der Waals surface area contributed by atoms with Crippen LogP contribution in [0.15, 0.2) is 30.3 Å². The van der Waals surface area contributed by atoms with Crippen molar-refractivity contribution >= 4 is 0 Å². The number of nitrogens with one attached hydrogen (secondary N) is 1. The Bertz CT molecular complexity index is 412. The summed E-state index contributed by atoms with van der Waals surface area (Å²) in [7, 11) is 0. The molecule has 0 atom stereocenters. The summed E-state index contributed by atoms with van der Waals surface area (Å²) < 4.78 is 0. The molecule has 0 aliphatic rings. The molecular weight excluding hydrogens is 206 g/mol. The largest absolute Gasteiger partial charge is 0.302 e. The van der Waals surface area contributed by atoms with Crippen molar-refractivity contribution in [2.45, 2.75) is 32.7 Å². The van der Waals surface area contributed by atoms with Crippen LogP contribution in [0.3, 0.4) is 0 Å². The van der Waals surface area contributed by atoms with E-state index in [1.807, 2.05) is 18.2 Å². The molecule has 0 aromatic heterocycles. The van der Waals surface area contributed by atoms with Crippen LogP contribution in [-0.2, 0) is 6.54 Å². The van der Waals surface area contributed by atoms with E-state index in [0.717, 1.165) is 13.0 Å². The van der Waals surface area contributed by atoms with Crippen LogP contribution in [0.25, 0.3) is 0 Å². The zero-order valence-electron chi connectivity index (χ0n) is 10.4. The van der Waals surface area contributed by atoms with Crippen molar-refractivity contribution in [3.63, 3.8) is 0 Å². The summed E-state index contributed by atoms with van der Waals surface area (Å²) in [5.41, 5.74) is 1.28. The van der Waals surface area contributed by atoms with Crippen LogP contribution in [0.2, 0.25) is 0 Å². The Morgan fingerprint density at radius 1 is 1.06 bits per heavy atom. The summed E-state index contributed by atoms with van der Waals surface area (Å²) in [6, 6.07) is 10.3. The number of rotatable bonds is 5. The summed E-state index contributed by atoms with van der Waals surface area (Å²) in [6.45, 7) is 3.72. The van der Waals surface area contributed by atoms with Gasteiger partial charge in [-0.25, -0.2) is 0 Å². The second-order valence-electron chi connectivity index (χ2n) is 3.80. The predicted molar refractivity (Wildman–Crippen MR) is 73.2 cm³/mol. The molecule has 0 fully saturated rings. The van der Waals surface area contributed by atoms with E-state index in [-0.39, 0.29) is 0 Å². The Morgan fingerprint density at radius 3 is 2.59 bits per heavy atom. The van der Waals surface area contributed by atoms with E-state index in [2.05, 4.69) is 48.1 Å². The van der Waals surface area contributed by atoms with Crippen LogP contribution in [-0.4, -0.2) is 6.54 Å². The molecule has 1 aromatic rings. The average Bonchev–Trinajstić information content (AvgIpc) is 2.38. The topological polar surface area (TPSA) is 12.0 Å². The number of unbranched alkanes of at least 4 members (excludes halogenated alkanes) is 2. The van der Waals surface area contributed by atoms with Crippen LogP contribution in [0.4, 0.5) is 0 Å². The monoisotopic (exact) mass is 225 g/mol. The van der Waals surface area contributed by atoms with Crippen LogP contribution in [0.1, 0.15) is 31.7 Å². The summed E-state index contributed by atoms with van der Waals surface area (Å²) in [4.78, 5) is 0. The predicted octanol–water partition coefficient (Wildman–Crippen LogP) is 2.97. The second kappa shape index (κ2) is 9.52. The molecule has 0 aliphatic carbocycles. The number of hydrogen-bond donors (Lipinski definition) is 1. The fourth-order valence-corrected chi connectivity index (χ4v) is 1.33. The minimum Gasteiger partial charge on any atom is -0.302 e. The van der Waals surface area contributed by atoms with E-state index in [4.69, 9.17) is 0 Å². The third-order valence-corrected chi connectivity index (χ3v) is 2.28. The quantitative estimate of drug-likeness (QED) is 0.600. The first-order valence-corrected chi connectivity index (χ1v) is 6.14. The van der Waals surface area contributed by atoms with Crippen LogP contribution < -0.4 is 5.32 Å². The highest BCUT2D eigenvalue weighted by Gasteiger charge is 1.87. The van der Waals surface area contributed by atoms with E-state index >= 15 is 0 Å². The molecule has 1 N–H and O–H groups in total. The summed E-state index contributed by atoms with van der Waals surface area (Å²) in [5.74, 6) is 11.8. The average molecular weight is 225 g/mol. The molecule has 0 saturated heterocycles. The molecule has 1 heteroatoms. The summed E-state index contributed by atoms with van der Waals surface area (Å²) in [6.07, 6.45) is 3.32. The fraction of sp³-hybridized carbons (Fsp3) is 0.375. The first-order valence-electron chi connectivity index (χ1n) is 6.14. The van der Waals surface area contributed by atoms with Gasteiger partial charge < -0.3 is 5.32 Å². The summed E-state index contributed by atoms with van der Waals surface area (Å²) >= 11 is 0. The van der Waals surface area contributed by atoms with Crippen molar-refractivity contribution in [3.8, 4) is 23.7 Å². The van der Waals surface area contributed by atoms with Crippen LogP contribution >= 0.6 is 0 Å². The maximum atomic E-state index is 3.26. The molecule has 0 bridgehead atoms. The van der Waals surface area contributed by atoms with E-state index in [1.165, 1.54) is 18.4 Å². The molecule has 17 heavy (non-hydrogen) atoms. The van der Waals surface area contributed by atoms with Crippen molar-refractivity contribution in [1.29, 1.82) is 0 Å². The molecule has 0 spiro atoms. The summed E-state index contributed by atoms with van der Waals surface area (Å²) in [5, 5.41) is 3.26. The zero-order chi connectivity index (χ0) is 12.2. The van der Waals surface area contributed by atoms with Gasteiger partial charge in [0.2, 0.25) is 0 Å². The van der Waals surface area contributed by atoms with Gasteiger partial charge in [0.15, 0.2) is 0 Å². The molecule has 1 rings (SSSR count). The molecule has 0 saturated carbocycles. The second-order valence-corrected chi connectivity index (χ2v) is 3.80. The van der Waals surface area contributed by atoms with Gasteiger partial charge in [0.05, 0.1) is 6.54 Å². The molecule has 0 aliphatic heterocycles. The van der Waals surface area contributed by atoms with Crippen LogP contribution in [0.5, 0.6) is 0 Å². The normalized spacial score (nSPS) is 8.76. The molecule has 1 aromatic carbocycles. The van der Waals surface area contributed by atoms with Crippen molar-refractivity contribution < 1.29 is 0 Å². The standard InChI is InChI=1S/C16H19N/c1-2-3-4-5-6-7-11-14-17-15-16-12-9-8-10-13-16/h8-10,12-13,17H,2-4,14-15H2,1H3. The molecule has 0 heterocycles. The Hall–Kier alpha value is -1.70. The molecule has 88 valence electrons. The maximum absolute atomic E-state index is 3.26. The van der Waals surface area contributed by atoms with E-state index in [1.54, 1.807) is 0 Å². The smallest absolute Gasteiger partial charge is 0.0589 e. The number of benzene rings is 1. The lowest BCUT2D eigenvalue weighted by molar-refractivity contribution is 0.770. The SMILES string of the molecule is CCCCC#CC#CCNCc1ccccc1. The molecule has 0 unspecified atom stereocenters. The van der Waals surface area contributed by atoms with Gasteiger partial charge >= 0.3 is 0 Å². The minimum absolute atomic E-state index is 0.692. The Kier molecular flexibility index (Phi) is 7.49. The number of hydrogen-bond acceptors (Lipinski definition) is 1. The lowest BCUT2D eigenvalue weighted by atomic mass is 10.2.